The van der Waals surface area contributed by atoms with E-state index in [2.05, 4.69) is 9.68 Å². The molecule has 0 unspecified atom stereocenters. The van der Waals surface area contributed by atoms with E-state index >= 15 is 0 Å². The number of hydrogen-bond acceptors (Lipinski definition) is 5. The highest BCUT2D eigenvalue weighted by Gasteiger charge is 2.16. The van der Waals surface area contributed by atoms with Crippen LogP contribution in [0.25, 0.3) is 0 Å². The second-order valence-electron chi connectivity index (χ2n) is 1.75. The molecule has 1 heterocycles. The van der Waals surface area contributed by atoms with Crippen molar-refractivity contribution in [3.8, 4) is 0 Å². The quantitative estimate of drug-likeness (QED) is 0.410. The predicted molar refractivity (Wildman–Crippen MR) is 32.3 cm³/mol. The molecular weight excluding hydrogens is 137 g/mol. The maximum absolute atomic E-state index is 8.48. The zero-order valence-corrected chi connectivity index (χ0v) is 5.06. The van der Waals surface area contributed by atoms with Crippen molar-refractivity contribution in [2.24, 2.45) is 0 Å². The Hall–Kier alpha value is -0.845. The Kier molecular flexibility index (Phi) is 2.05. The van der Waals surface area contributed by atoms with Crippen molar-refractivity contribution < 1.29 is 19.7 Å². The molecule has 1 aromatic rings. The van der Waals surface area contributed by atoms with Crippen molar-refractivity contribution in [1.82, 2.24) is 5.16 Å². The molecule has 1 rings (SSSR count). The third-order valence-electron chi connectivity index (χ3n) is 0.998. The first kappa shape index (κ1) is 7.26. The molecule has 5 nitrogen and oxygen atoms in total. The molecule has 0 fully saturated rings. The van der Waals surface area contributed by atoms with Gasteiger partial charge in [-0.2, -0.15) is 0 Å². The van der Waals surface area contributed by atoms with Gasteiger partial charge in [0.25, 0.3) is 0 Å². The average Bonchev–Trinajstić information content (AvgIpc) is 2.34. The highest BCUT2D eigenvalue weighted by molar-refractivity contribution is 6.57. The lowest BCUT2D eigenvalue weighted by atomic mass is 9.86. The van der Waals surface area contributed by atoms with Crippen molar-refractivity contribution in [3.63, 3.8) is 0 Å². The number of aliphatic hydroxyl groups is 1. The van der Waals surface area contributed by atoms with Gasteiger partial charge in [0.15, 0.2) is 5.76 Å². The van der Waals surface area contributed by atoms with E-state index in [1.54, 1.807) is 0 Å². The van der Waals surface area contributed by atoms with E-state index in [4.69, 9.17) is 15.2 Å². The van der Waals surface area contributed by atoms with Crippen molar-refractivity contribution in [2.45, 2.75) is 6.61 Å². The Balaban J connectivity index is 2.78. The van der Waals surface area contributed by atoms with Crippen LogP contribution in [0.2, 0.25) is 0 Å². The summed E-state index contributed by atoms with van der Waals surface area (Å²) in [5, 5.41) is 28.7. The molecule has 0 bridgehead atoms. The summed E-state index contributed by atoms with van der Waals surface area (Å²) in [5.74, 6) is 0.211. The molecule has 0 spiro atoms. The summed E-state index contributed by atoms with van der Waals surface area (Å²) in [4.78, 5) is 0. The van der Waals surface area contributed by atoms with Crippen LogP contribution in [-0.4, -0.2) is 27.4 Å². The van der Waals surface area contributed by atoms with Gasteiger partial charge in [0.05, 0.1) is 0 Å². The third-order valence-corrected chi connectivity index (χ3v) is 0.998. The summed E-state index contributed by atoms with van der Waals surface area (Å²) in [5.41, 5.74) is 0.00375. The van der Waals surface area contributed by atoms with Gasteiger partial charge < -0.3 is 19.7 Å². The molecule has 0 saturated carbocycles. The number of aliphatic hydroxyl groups excluding tert-OH is 1. The normalized spacial score (nSPS) is 9.90. The Bertz CT molecular complexity index is 211. The molecule has 6 heteroatoms. The van der Waals surface area contributed by atoms with Crippen LogP contribution in [0, 0.1) is 0 Å². The Morgan fingerprint density at radius 3 is 2.60 bits per heavy atom. The highest BCUT2D eigenvalue weighted by Crippen LogP contribution is 1.92. The molecule has 0 aliphatic rings. The summed E-state index contributed by atoms with van der Waals surface area (Å²) in [7, 11) is -1.64. The lowest BCUT2D eigenvalue weighted by Crippen LogP contribution is -2.30. The molecule has 0 atom stereocenters. The molecular formula is C4H6BNO4. The fourth-order valence-corrected chi connectivity index (χ4v) is 0.525. The summed E-state index contributed by atoms with van der Waals surface area (Å²) in [6.45, 7) is -0.292. The van der Waals surface area contributed by atoms with Gasteiger partial charge in [-0.05, 0) is 0 Å². The molecule has 1 aromatic heterocycles. The number of rotatable bonds is 2. The maximum atomic E-state index is 8.48. The lowest BCUT2D eigenvalue weighted by molar-refractivity contribution is 0.229. The molecule has 0 amide bonds. The van der Waals surface area contributed by atoms with Crippen LogP contribution in [0.3, 0.4) is 0 Å². The van der Waals surface area contributed by atoms with Crippen molar-refractivity contribution in [1.29, 1.82) is 0 Å². The largest absolute Gasteiger partial charge is 0.511 e. The molecule has 54 valence electrons. The molecule has 0 saturated heterocycles. The first-order chi connectivity index (χ1) is 4.74. The van der Waals surface area contributed by atoms with Crippen molar-refractivity contribution >= 4 is 12.7 Å². The topological polar surface area (TPSA) is 86.7 Å². The van der Waals surface area contributed by atoms with Gasteiger partial charge in [-0.25, -0.2) is 0 Å². The molecule has 0 aromatic carbocycles. The van der Waals surface area contributed by atoms with Crippen LogP contribution in [0.15, 0.2) is 10.6 Å². The van der Waals surface area contributed by atoms with Crippen molar-refractivity contribution in [2.75, 3.05) is 0 Å². The summed E-state index contributed by atoms with van der Waals surface area (Å²) < 4.78 is 4.46. The van der Waals surface area contributed by atoms with Crippen LogP contribution < -0.4 is 5.59 Å². The van der Waals surface area contributed by atoms with E-state index in [0.29, 0.717) is 0 Å². The Morgan fingerprint density at radius 2 is 2.30 bits per heavy atom. The molecule has 3 N–H and O–H groups in total. The molecule has 0 aliphatic heterocycles. The van der Waals surface area contributed by atoms with Crippen LogP contribution >= 0.6 is 0 Å². The van der Waals surface area contributed by atoms with E-state index in [9.17, 15) is 0 Å². The summed E-state index contributed by atoms with van der Waals surface area (Å²) in [6.07, 6.45) is 0. The predicted octanol–water partition coefficient (Wildman–Crippen LogP) is -2.15. The Morgan fingerprint density at radius 1 is 1.60 bits per heavy atom. The van der Waals surface area contributed by atoms with E-state index in [-0.39, 0.29) is 18.0 Å². The lowest BCUT2D eigenvalue weighted by Gasteiger charge is -1.84. The molecule has 10 heavy (non-hydrogen) atoms. The summed E-state index contributed by atoms with van der Waals surface area (Å²) >= 11 is 0. The van der Waals surface area contributed by atoms with Gasteiger partial charge in [0, 0.05) is 6.07 Å². The van der Waals surface area contributed by atoms with Gasteiger partial charge in [-0.3, -0.25) is 0 Å². The standard InChI is InChI=1S/C4H6BNO4/c7-2-3-1-4(5(8)9)6-10-3/h1,7-9H,2H2. The van der Waals surface area contributed by atoms with Crippen LogP contribution in [0.4, 0.5) is 0 Å². The average molecular weight is 143 g/mol. The minimum Gasteiger partial charge on any atom is -0.422 e. The minimum atomic E-state index is -1.64. The third kappa shape index (κ3) is 1.35. The number of hydrogen-bond donors (Lipinski definition) is 3. The fourth-order valence-electron chi connectivity index (χ4n) is 0.525. The second kappa shape index (κ2) is 2.83. The van der Waals surface area contributed by atoms with Crippen molar-refractivity contribution in [3.05, 3.63) is 11.8 Å². The number of aromatic nitrogens is 1. The van der Waals surface area contributed by atoms with E-state index in [1.807, 2.05) is 0 Å². The minimum absolute atomic E-state index is 0.00375. The van der Waals surface area contributed by atoms with Crippen LogP contribution in [0.1, 0.15) is 5.76 Å². The molecule has 0 aliphatic carbocycles. The van der Waals surface area contributed by atoms with E-state index < -0.39 is 7.12 Å². The van der Waals surface area contributed by atoms with Crippen LogP contribution in [-0.2, 0) is 6.61 Å². The highest BCUT2D eigenvalue weighted by atomic mass is 16.5. The van der Waals surface area contributed by atoms with E-state index in [1.165, 1.54) is 6.07 Å². The smallest absolute Gasteiger partial charge is 0.422 e. The van der Waals surface area contributed by atoms with Gasteiger partial charge in [-0.15, -0.1) is 0 Å². The van der Waals surface area contributed by atoms with E-state index in [0.717, 1.165) is 0 Å². The SMILES string of the molecule is OCc1cc(B(O)O)no1. The Labute approximate surface area is 57.0 Å². The monoisotopic (exact) mass is 143 g/mol. The van der Waals surface area contributed by atoms with Gasteiger partial charge in [0.2, 0.25) is 0 Å². The zero-order chi connectivity index (χ0) is 7.56. The number of nitrogens with zero attached hydrogens (tertiary/aromatic N) is 1. The van der Waals surface area contributed by atoms with Gasteiger partial charge >= 0.3 is 7.12 Å². The second-order valence-corrected chi connectivity index (χ2v) is 1.75. The van der Waals surface area contributed by atoms with Gasteiger partial charge in [-0.1, -0.05) is 5.16 Å². The fraction of sp³-hybridized carbons (Fsp3) is 0.250. The van der Waals surface area contributed by atoms with Gasteiger partial charge in [0.1, 0.15) is 12.2 Å². The summed E-state index contributed by atoms with van der Waals surface area (Å²) in [6, 6.07) is 1.27. The van der Waals surface area contributed by atoms with Crippen LogP contribution in [0.5, 0.6) is 0 Å². The zero-order valence-electron chi connectivity index (χ0n) is 5.06. The molecule has 0 radical (unpaired) electrons. The first-order valence-corrected chi connectivity index (χ1v) is 2.66. The maximum Gasteiger partial charge on any atom is 0.511 e. The first-order valence-electron chi connectivity index (χ1n) is 2.66.